The lowest BCUT2D eigenvalue weighted by Crippen LogP contribution is -2.26. The Hall–Kier alpha value is -0.860. The molecule has 1 saturated heterocycles. The number of nitrogens with one attached hydrogen (secondary N) is 1. The van der Waals surface area contributed by atoms with Crippen molar-refractivity contribution in [1.82, 2.24) is 5.32 Å². The molecule has 3 unspecified atom stereocenters. The Bertz CT molecular complexity index is 333. The van der Waals surface area contributed by atoms with Crippen LogP contribution in [0.25, 0.3) is 0 Å². The smallest absolute Gasteiger partial charge is 0.0713 e. The van der Waals surface area contributed by atoms with Gasteiger partial charge in [-0.2, -0.15) is 0 Å². The third-order valence-electron chi connectivity index (χ3n) is 3.48. The molecule has 2 rings (SSSR count). The highest BCUT2D eigenvalue weighted by Crippen LogP contribution is 2.30. The van der Waals surface area contributed by atoms with Gasteiger partial charge in [0.2, 0.25) is 0 Å². The number of rotatable bonds is 3. The van der Waals surface area contributed by atoms with Crippen molar-refractivity contribution in [1.29, 1.82) is 0 Å². The van der Waals surface area contributed by atoms with E-state index >= 15 is 0 Å². The minimum absolute atomic E-state index is 0.586. The topological polar surface area (TPSA) is 21.3 Å². The zero-order valence-corrected chi connectivity index (χ0v) is 10.4. The van der Waals surface area contributed by atoms with Crippen molar-refractivity contribution in [3.8, 4) is 0 Å². The Kier molecular flexibility index (Phi) is 3.62. The molecule has 1 aromatic carbocycles. The number of ether oxygens (including phenoxy) is 1. The lowest BCUT2D eigenvalue weighted by atomic mass is 9.91. The second-order valence-corrected chi connectivity index (χ2v) is 4.87. The van der Waals surface area contributed by atoms with Gasteiger partial charge in [0.25, 0.3) is 0 Å². The first-order chi connectivity index (χ1) is 7.70. The molecule has 0 spiro atoms. The predicted molar refractivity (Wildman–Crippen MR) is 66.6 cm³/mol. The highest BCUT2D eigenvalue weighted by molar-refractivity contribution is 5.27. The first-order valence-corrected chi connectivity index (χ1v) is 6.04. The molecule has 1 aliphatic heterocycles. The molecule has 0 radical (unpaired) electrons. The van der Waals surface area contributed by atoms with Crippen LogP contribution < -0.4 is 5.32 Å². The van der Waals surface area contributed by atoms with Gasteiger partial charge in [-0.05, 0) is 31.4 Å². The average Bonchev–Trinajstić information content (AvgIpc) is 2.59. The lowest BCUT2D eigenvalue weighted by molar-refractivity contribution is 0.185. The van der Waals surface area contributed by atoms with Gasteiger partial charge in [-0.1, -0.05) is 24.3 Å². The Labute approximate surface area is 98.0 Å². The number of hydrogen-bond acceptors (Lipinski definition) is 2. The van der Waals surface area contributed by atoms with Crippen LogP contribution in [0.4, 0.5) is 0 Å². The maximum absolute atomic E-state index is 5.12. The van der Waals surface area contributed by atoms with E-state index in [2.05, 4.69) is 43.4 Å². The fraction of sp³-hybridized carbons (Fsp3) is 0.571. The van der Waals surface area contributed by atoms with Crippen molar-refractivity contribution >= 4 is 0 Å². The quantitative estimate of drug-likeness (QED) is 0.844. The van der Waals surface area contributed by atoms with E-state index in [0.29, 0.717) is 24.6 Å². The van der Waals surface area contributed by atoms with Gasteiger partial charge in [0.15, 0.2) is 0 Å². The molecule has 1 N–H and O–H groups in total. The molecule has 0 bridgehead atoms. The van der Waals surface area contributed by atoms with E-state index in [9.17, 15) is 0 Å². The minimum atomic E-state index is 0.586. The summed E-state index contributed by atoms with van der Waals surface area (Å²) < 4.78 is 5.12. The highest BCUT2D eigenvalue weighted by Gasteiger charge is 2.28. The number of hydrogen-bond donors (Lipinski definition) is 1. The van der Waals surface area contributed by atoms with Crippen LogP contribution in [0.1, 0.15) is 37.3 Å². The van der Waals surface area contributed by atoms with Crippen molar-refractivity contribution in [3.05, 3.63) is 35.4 Å². The van der Waals surface area contributed by atoms with E-state index in [4.69, 9.17) is 4.74 Å². The van der Waals surface area contributed by atoms with Crippen LogP contribution in [-0.4, -0.2) is 19.2 Å². The lowest BCUT2D eigenvalue weighted by Gasteiger charge is -2.15. The summed E-state index contributed by atoms with van der Waals surface area (Å²) in [6, 6.07) is 10.1. The predicted octanol–water partition coefficient (Wildman–Crippen LogP) is 2.69. The summed E-state index contributed by atoms with van der Waals surface area (Å²) in [6.07, 6.45) is 1.24. The molecule has 16 heavy (non-hydrogen) atoms. The largest absolute Gasteiger partial charge is 0.380 e. The monoisotopic (exact) mass is 219 g/mol. The summed E-state index contributed by atoms with van der Waals surface area (Å²) in [6.45, 7) is 5.24. The van der Waals surface area contributed by atoms with Crippen LogP contribution in [-0.2, 0) is 11.3 Å². The minimum Gasteiger partial charge on any atom is -0.380 e. The first kappa shape index (κ1) is 11.6. The molecular formula is C14H21NO. The zero-order chi connectivity index (χ0) is 11.5. The fourth-order valence-corrected chi connectivity index (χ4v) is 2.67. The van der Waals surface area contributed by atoms with Gasteiger partial charge >= 0.3 is 0 Å². The van der Waals surface area contributed by atoms with Crippen LogP contribution in [0.2, 0.25) is 0 Å². The molecule has 1 aliphatic rings. The number of benzene rings is 1. The summed E-state index contributed by atoms with van der Waals surface area (Å²) in [5, 5.41) is 3.58. The molecule has 0 aliphatic carbocycles. The van der Waals surface area contributed by atoms with Crippen molar-refractivity contribution in [3.63, 3.8) is 0 Å². The normalized spacial score (nSPS) is 29.6. The molecule has 2 heteroatoms. The SMILES string of the molecule is COCc1ccc(C2CC(C)NC2C)cc1. The molecule has 88 valence electrons. The third kappa shape index (κ3) is 2.45. The van der Waals surface area contributed by atoms with Crippen LogP contribution in [0.5, 0.6) is 0 Å². The van der Waals surface area contributed by atoms with Crippen molar-refractivity contribution in [2.24, 2.45) is 0 Å². The van der Waals surface area contributed by atoms with E-state index in [1.54, 1.807) is 7.11 Å². The molecule has 1 heterocycles. The summed E-state index contributed by atoms with van der Waals surface area (Å²) in [5.41, 5.74) is 2.70. The Morgan fingerprint density at radius 1 is 1.25 bits per heavy atom. The van der Waals surface area contributed by atoms with E-state index in [-0.39, 0.29) is 0 Å². The second-order valence-electron chi connectivity index (χ2n) is 4.87. The van der Waals surface area contributed by atoms with Crippen molar-refractivity contribution in [2.45, 2.75) is 44.9 Å². The maximum Gasteiger partial charge on any atom is 0.0713 e. The first-order valence-electron chi connectivity index (χ1n) is 6.04. The average molecular weight is 219 g/mol. The Morgan fingerprint density at radius 2 is 1.94 bits per heavy atom. The molecule has 1 fully saturated rings. The molecule has 3 atom stereocenters. The molecule has 0 saturated carbocycles. The molecule has 0 aromatic heterocycles. The van der Waals surface area contributed by atoms with E-state index in [1.165, 1.54) is 17.5 Å². The summed E-state index contributed by atoms with van der Waals surface area (Å²) in [5.74, 6) is 0.659. The standard InChI is InChI=1S/C14H21NO/c1-10-8-14(11(2)15-10)13-6-4-12(5-7-13)9-16-3/h4-7,10-11,14-15H,8-9H2,1-3H3. The molecule has 0 amide bonds. The zero-order valence-electron chi connectivity index (χ0n) is 10.4. The van der Waals surface area contributed by atoms with E-state index in [1.807, 2.05) is 0 Å². The van der Waals surface area contributed by atoms with Gasteiger partial charge in [-0.25, -0.2) is 0 Å². The van der Waals surface area contributed by atoms with Crippen LogP contribution >= 0.6 is 0 Å². The summed E-state index contributed by atoms with van der Waals surface area (Å²) in [7, 11) is 1.73. The highest BCUT2D eigenvalue weighted by atomic mass is 16.5. The van der Waals surface area contributed by atoms with E-state index in [0.717, 1.165) is 0 Å². The second kappa shape index (κ2) is 4.98. The van der Waals surface area contributed by atoms with E-state index < -0.39 is 0 Å². The Balaban J connectivity index is 2.09. The summed E-state index contributed by atoms with van der Waals surface area (Å²) >= 11 is 0. The van der Waals surface area contributed by atoms with Gasteiger partial charge in [-0.3, -0.25) is 0 Å². The summed E-state index contributed by atoms with van der Waals surface area (Å²) in [4.78, 5) is 0. The van der Waals surface area contributed by atoms with Gasteiger partial charge in [0.05, 0.1) is 6.61 Å². The van der Waals surface area contributed by atoms with Crippen LogP contribution in [0, 0.1) is 0 Å². The van der Waals surface area contributed by atoms with Gasteiger partial charge < -0.3 is 10.1 Å². The molecular weight excluding hydrogens is 198 g/mol. The van der Waals surface area contributed by atoms with Crippen molar-refractivity contribution in [2.75, 3.05) is 7.11 Å². The third-order valence-corrected chi connectivity index (χ3v) is 3.48. The van der Waals surface area contributed by atoms with Gasteiger partial charge in [0, 0.05) is 25.1 Å². The van der Waals surface area contributed by atoms with Crippen LogP contribution in [0.3, 0.4) is 0 Å². The Morgan fingerprint density at radius 3 is 2.44 bits per heavy atom. The van der Waals surface area contributed by atoms with Gasteiger partial charge in [0.1, 0.15) is 0 Å². The van der Waals surface area contributed by atoms with Crippen LogP contribution in [0.15, 0.2) is 24.3 Å². The van der Waals surface area contributed by atoms with Gasteiger partial charge in [-0.15, -0.1) is 0 Å². The fourth-order valence-electron chi connectivity index (χ4n) is 2.67. The van der Waals surface area contributed by atoms with Crippen molar-refractivity contribution < 1.29 is 4.74 Å². The molecule has 2 nitrogen and oxygen atoms in total. The molecule has 1 aromatic rings. The number of methoxy groups -OCH3 is 1. The maximum atomic E-state index is 5.12.